The number of primary amides is 1. The van der Waals surface area contributed by atoms with E-state index in [9.17, 15) is 97.1 Å². The number of rotatable bonds is 58. The number of guanidine groups is 1. The first-order valence-electron chi connectivity index (χ1n) is 43.7. The topological polar surface area (TPSA) is 716 Å². The molecule has 0 unspecified atom stereocenters. The van der Waals surface area contributed by atoms with E-state index in [0.717, 1.165) is 11.8 Å². The number of para-hydroxylation sites is 1. The highest BCUT2D eigenvalue weighted by Crippen LogP contribution is 2.23. The summed E-state index contributed by atoms with van der Waals surface area (Å²) in [5.74, 6) is -20.9. The van der Waals surface area contributed by atoms with Crippen LogP contribution in [0.2, 0.25) is 0 Å². The molecule has 17 atom stereocenters. The van der Waals surface area contributed by atoms with Gasteiger partial charge in [0.05, 0.1) is 18.6 Å². The molecule has 1 aliphatic heterocycles. The number of thiol groups is 4. The lowest BCUT2D eigenvalue weighted by atomic mass is 10.00. The number of hydrogen-bond donors (Lipinski definition) is 29. The maximum atomic E-state index is 15.2. The number of carbonyl (C=O) groups is 18. The number of benzene rings is 3. The number of hydrogen-bond acceptors (Lipinski definition) is 27. The Kier molecular flexibility index (Phi) is 47.8. The highest BCUT2D eigenvalue weighted by Gasteiger charge is 2.43. The molecule has 44 nitrogen and oxygen atoms in total. The molecule has 5 rings (SSSR count). The van der Waals surface area contributed by atoms with Gasteiger partial charge in [-0.1, -0.05) is 88.4 Å². The van der Waals surface area contributed by atoms with Crippen LogP contribution in [-0.2, 0) is 106 Å². The van der Waals surface area contributed by atoms with Crippen LogP contribution in [0.15, 0.2) is 85.1 Å². The van der Waals surface area contributed by atoms with Gasteiger partial charge in [0.25, 0.3) is 0 Å². The number of aromatic amines is 1. The molecule has 3 aromatic carbocycles. The number of phenolic OH excluding ortho intramolecular Hbond substituents is 1. The highest BCUT2D eigenvalue weighted by molar-refractivity contribution is 7.80. The number of carboxylic acids is 2. The number of carboxylic acid groups (broad SMARTS) is 2. The zero-order valence-corrected chi connectivity index (χ0v) is 78.9. The van der Waals surface area contributed by atoms with Gasteiger partial charge in [0.2, 0.25) is 94.5 Å². The van der Waals surface area contributed by atoms with Gasteiger partial charge in [0, 0.05) is 78.9 Å². The second-order valence-corrected chi connectivity index (χ2v) is 34.8. The number of aromatic hydroxyl groups is 1. The van der Waals surface area contributed by atoms with Gasteiger partial charge < -0.3 is 133 Å². The number of amides is 16. The van der Waals surface area contributed by atoms with Gasteiger partial charge in [-0.3, -0.25) is 86.9 Å². The van der Waals surface area contributed by atoms with Crippen LogP contribution in [0, 0.1) is 17.2 Å². The van der Waals surface area contributed by atoms with Crippen molar-refractivity contribution in [2.24, 2.45) is 34.8 Å². The quantitative estimate of drug-likeness (QED) is 0.00856. The number of nitrogens with zero attached hydrogens (tertiary/aromatic N) is 1. The average Bonchev–Trinajstić information content (AvgIpc) is 1.63. The van der Waals surface area contributed by atoms with Gasteiger partial charge in [-0.25, -0.2) is 4.79 Å². The van der Waals surface area contributed by atoms with E-state index in [1.807, 2.05) is 0 Å². The monoisotopic (exact) mass is 1950 g/mol. The van der Waals surface area contributed by atoms with E-state index in [2.05, 4.69) is 135 Å². The van der Waals surface area contributed by atoms with Crippen molar-refractivity contribution in [1.29, 1.82) is 5.41 Å². The summed E-state index contributed by atoms with van der Waals surface area (Å²) in [7, 11) is 0. The smallest absolute Gasteiger partial charge is 0.326 e. The van der Waals surface area contributed by atoms with Crippen molar-refractivity contribution in [1.82, 2.24) is 89.6 Å². The number of aliphatic hydroxyl groups excluding tert-OH is 1. The average molecular weight is 1950 g/mol. The summed E-state index contributed by atoms with van der Waals surface area (Å²) in [4.78, 5) is 255. The molecule has 16 amide bonds. The number of unbranched alkanes of at least 4 members (excludes halogenated alkanes) is 1. The molecule has 0 spiro atoms. The first-order valence-corrected chi connectivity index (χ1v) is 46.3. The molecule has 0 bridgehead atoms. The minimum atomic E-state index is -1.98. The molecule has 0 saturated carbocycles. The summed E-state index contributed by atoms with van der Waals surface area (Å²) in [6, 6.07) is -3.82. The standard InChI is InChI=1S/C86H128N22O22S4/c1-43(2)32-57(74(118)105-64(41-133)80(124)100-58(35-48-23-25-50(110)26-24-48)75(119)101-60(36-49-38-93-53-19-11-10-18-51(49)53)77(121)95-55(21-14-30-92-86(90)91)72(116)104-65(42-134)81(125)103-62(85(129)130)33-44(3)4)99-76(120)59(34-47-16-8-7-9-17-47)102-83(127)69(46(6)109)107-73(117)56(27-28-68(112)113)97-82(126)66-22-15-31-108(66)84(128)45(5)94-71(115)54(20-12-13-29-87)96-79(123)63(40-132)106-78(122)61(37-67(89)111)98-70(114)52(88)39-131/h7-11,16-19,23-26,38,43-46,52,54-66,69,93,109-110,131-134H,12-15,20-22,27-37,39-42,87-88H2,1-6H3,(H2,89,111)(H,94,115)(H,95,121)(H,96,123)(H,97,126)(H,98,114)(H,99,120)(H,100,124)(H,101,119)(H,102,127)(H,103,125)(H,104,116)(H,105,118)(H,106,122)(H,107,117)(H,112,113)(H,129,130)(H4,90,91,92)/t45-,46+,52-,54-,55-,56-,57-,58-,59-,60-,61-,62-,63-,64-,65-,66-,69-/m0/s1. The van der Waals surface area contributed by atoms with Crippen LogP contribution >= 0.6 is 50.5 Å². The molecule has 4 aromatic rings. The van der Waals surface area contributed by atoms with Gasteiger partial charge in [-0.15, -0.1) is 0 Å². The first kappa shape index (κ1) is 113. The number of carbonyl (C=O) groups excluding carboxylic acids is 16. The predicted molar refractivity (Wildman–Crippen MR) is 506 cm³/mol. The summed E-state index contributed by atoms with van der Waals surface area (Å²) in [5, 5.41) is 87.7. The molecule has 48 heteroatoms. The summed E-state index contributed by atoms with van der Waals surface area (Å²) >= 11 is 16.8. The highest BCUT2D eigenvalue weighted by atomic mass is 32.1. The fraction of sp³-hybridized carbons (Fsp3) is 0.547. The van der Waals surface area contributed by atoms with Crippen LogP contribution in [0.4, 0.5) is 0 Å². The summed E-state index contributed by atoms with van der Waals surface area (Å²) in [6.45, 7) is 9.45. The first-order chi connectivity index (χ1) is 63.4. The normalized spacial score (nSPS) is 16.0. The lowest BCUT2D eigenvalue weighted by Crippen LogP contribution is -2.62. The van der Waals surface area contributed by atoms with Crippen molar-refractivity contribution < 1.29 is 107 Å². The minimum Gasteiger partial charge on any atom is -0.508 e. The molecular formula is C86H128N22O22S4. The molecule has 0 aliphatic carbocycles. The van der Waals surface area contributed by atoms with Gasteiger partial charge in [0.15, 0.2) is 5.96 Å². The number of aliphatic hydroxyl groups is 1. The van der Waals surface area contributed by atoms with E-state index in [-0.39, 0.29) is 119 Å². The summed E-state index contributed by atoms with van der Waals surface area (Å²) in [6.07, 6.45) is -2.59. The van der Waals surface area contributed by atoms with Crippen LogP contribution in [0.3, 0.4) is 0 Å². The third kappa shape index (κ3) is 37.5. The molecule has 1 aromatic heterocycles. The summed E-state index contributed by atoms with van der Waals surface area (Å²) < 4.78 is 0. The number of H-pyrrole nitrogens is 1. The molecular weight excluding hydrogens is 1820 g/mol. The van der Waals surface area contributed by atoms with Gasteiger partial charge >= 0.3 is 11.9 Å². The zero-order valence-electron chi connectivity index (χ0n) is 75.3. The van der Waals surface area contributed by atoms with Crippen LogP contribution in [0.5, 0.6) is 5.75 Å². The summed E-state index contributed by atoms with van der Waals surface area (Å²) in [5.41, 5.74) is 24.3. The molecule has 0 radical (unpaired) electrons. The number of phenols is 1. The van der Waals surface area contributed by atoms with Crippen molar-refractivity contribution in [3.05, 3.63) is 102 Å². The van der Waals surface area contributed by atoms with Crippen LogP contribution in [-0.4, -0.2) is 288 Å². The van der Waals surface area contributed by atoms with E-state index in [1.54, 1.807) is 88.5 Å². The van der Waals surface area contributed by atoms with E-state index in [1.165, 1.54) is 31.2 Å². The largest absolute Gasteiger partial charge is 0.508 e. The Bertz CT molecular complexity index is 4710. The Labute approximate surface area is 796 Å². The van der Waals surface area contributed by atoms with Crippen molar-refractivity contribution in [2.75, 3.05) is 42.6 Å². The molecule has 1 fully saturated rings. The number of nitrogens with one attached hydrogen (secondary N) is 17. The number of likely N-dealkylation sites (tertiary alicyclic amines) is 1. The van der Waals surface area contributed by atoms with E-state index in [4.69, 9.17) is 28.3 Å². The molecule has 2 heterocycles. The fourth-order valence-corrected chi connectivity index (χ4v) is 15.2. The Morgan fingerprint density at radius 1 is 0.478 bits per heavy atom. The Morgan fingerprint density at radius 3 is 1.42 bits per heavy atom. The predicted octanol–water partition coefficient (Wildman–Crippen LogP) is -4.56. The molecule has 29 N–H and O–H groups in total. The van der Waals surface area contributed by atoms with Gasteiger partial charge in [-0.2, -0.15) is 50.5 Å². The lowest BCUT2D eigenvalue weighted by Gasteiger charge is -2.30. The van der Waals surface area contributed by atoms with Crippen molar-refractivity contribution in [2.45, 2.75) is 241 Å². The molecule has 1 aliphatic rings. The number of fused-ring (bicyclic) bond motifs is 1. The Hall–Kier alpha value is -12.0. The molecule has 1 saturated heterocycles. The maximum Gasteiger partial charge on any atom is 0.326 e. The Balaban J connectivity index is 1.38. The lowest BCUT2D eigenvalue weighted by molar-refractivity contribution is -0.143. The van der Waals surface area contributed by atoms with Crippen LogP contribution in [0.1, 0.15) is 135 Å². The Morgan fingerprint density at radius 2 is 0.910 bits per heavy atom. The van der Waals surface area contributed by atoms with E-state index in [0.29, 0.717) is 34.0 Å². The second-order valence-electron chi connectivity index (χ2n) is 33.3. The minimum absolute atomic E-state index is 0.0173. The SMILES string of the molecule is CC(C)C[C@H](NC(=O)[C@H](CS)NC(=O)[C@H](CCCNC(=N)N)NC(=O)[C@H](Cc1c[nH]c2ccccc12)NC(=O)[C@H](Cc1ccc(O)cc1)NC(=O)[C@H](CS)NC(=O)[C@H](CC(C)C)NC(=O)[C@H](Cc1ccccc1)NC(=O)[C@@H](NC(=O)[C@H](CCC(=O)O)NC(=O)[C@@H]1CCCN1C(=O)[C@H](C)NC(=O)[C@H](CCCCN)NC(=O)[C@H](CS)NC(=O)[C@H](CC(N)=O)NC(=O)[C@@H](N)CS)[C@@H](C)O)C(=O)O. The molecule has 134 heavy (non-hydrogen) atoms. The van der Waals surface area contributed by atoms with Crippen molar-refractivity contribution in [3.8, 4) is 5.75 Å². The number of nitrogens with two attached hydrogens (primary N) is 4. The second kappa shape index (κ2) is 56.9. The van der Waals surface area contributed by atoms with Gasteiger partial charge in [-0.05, 0) is 131 Å². The zero-order chi connectivity index (χ0) is 99.8. The van der Waals surface area contributed by atoms with Crippen molar-refractivity contribution >= 4 is 174 Å². The third-order valence-electron chi connectivity index (χ3n) is 21.4. The number of aromatic nitrogens is 1. The number of aliphatic carboxylic acids is 2. The fourth-order valence-electron chi connectivity index (χ4n) is 14.3. The maximum absolute atomic E-state index is 15.2. The van der Waals surface area contributed by atoms with Crippen molar-refractivity contribution in [3.63, 3.8) is 0 Å². The van der Waals surface area contributed by atoms with Crippen LogP contribution in [0.25, 0.3) is 10.9 Å². The van der Waals surface area contributed by atoms with Crippen LogP contribution < -0.4 is 103 Å². The molecule has 738 valence electrons. The third-order valence-corrected chi connectivity index (χ3v) is 22.9. The van der Waals surface area contributed by atoms with E-state index < -0.39 is 246 Å². The van der Waals surface area contributed by atoms with Gasteiger partial charge in [0.1, 0.15) is 96.4 Å². The van der Waals surface area contributed by atoms with E-state index >= 15 is 9.59 Å².